The van der Waals surface area contributed by atoms with E-state index in [0.717, 1.165) is 0 Å². The molecule has 1 N–H and O–H groups in total. The lowest BCUT2D eigenvalue weighted by Crippen LogP contribution is -2.14. The molecule has 0 saturated heterocycles. The van der Waals surface area contributed by atoms with Crippen molar-refractivity contribution in [2.45, 2.75) is 0 Å². The van der Waals surface area contributed by atoms with Gasteiger partial charge in [-0.2, -0.15) is 0 Å². The number of nitrogens with one attached hydrogen (secondary N) is 1. The summed E-state index contributed by atoms with van der Waals surface area (Å²) < 4.78 is 12.1. The first-order valence-electron chi connectivity index (χ1n) is 7.04. The first-order valence-corrected chi connectivity index (χ1v) is 7.04. The lowest BCUT2D eigenvalue weighted by molar-refractivity contribution is 0.102. The smallest absolute Gasteiger partial charge is 0.257 e. The summed E-state index contributed by atoms with van der Waals surface area (Å²) in [6.07, 6.45) is 6.38. The molecule has 2 heterocycles. The molecule has 0 aliphatic heterocycles. The number of methoxy groups -OCH3 is 2. The Kier molecular flexibility index (Phi) is 4.37. The Bertz CT molecular complexity index is 826. The van der Waals surface area contributed by atoms with Crippen molar-refractivity contribution in [2.75, 3.05) is 19.5 Å². The third-order valence-electron chi connectivity index (χ3n) is 3.28. The summed E-state index contributed by atoms with van der Waals surface area (Å²) in [6, 6.07) is 6.58. The minimum atomic E-state index is -0.331. The Labute approximate surface area is 138 Å². The summed E-state index contributed by atoms with van der Waals surface area (Å²) in [7, 11) is 3.05. The molecule has 8 heteroatoms. The van der Waals surface area contributed by atoms with Crippen LogP contribution in [0.4, 0.5) is 5.82 Å². The number of rotatable bonds is 5. The summed E-state index contributed by atoms with van der Waals surface area (Å²) in [5, 5.41) is 2.73. The van der Waals surface area contributed by atoms with Crippen molar-refractivity contribution in [3.05, 3.63) is 54.9 Å². The van der Waals surface area contributed by atoms with Crippen LogP contribution in [0.15, 0.2) is 49.3 Å². The Morgan fingerprint density at radius 2 is 1.83 bits per heavy atom. The Balaban J connectivity index is 1.84. The van der Waals surface area contributed by atoms with E-state index in [2.05, 4.69) is 20.3 Å². The monoisotopic (exact) mass is 325 g/mol. The first-order chi connectivity index (χ1) is 11.7. The molecule has 3 aromatic rings. The van der Waals surface area contributed by atoms with Crippen molar-refractivity contribution in [3.63, 3.8) is 0 Å². The van der Waals surface area contributed by atoms with Crippen molar-refractivity contribution in [1.29, 1.82) is 0 Å². The van der Waals surface area contributed by atoms with E-state index in [0.29, 0.717) is 28.7 Å². The molecule has 0 aliphatic rings. The van der Waals surface area contributed by atoms with Crippen LogP contribution in [0.1, 0.15) is 10.4 Å². The number of amides is 1. The normalized spacial score (nSPS) is 10.2. The maximum atomic E-state index is 12.4. The maximum Gasteiger partial charge on any atom is 0.257 e. The molecule has 122 valence electrons. The van der Waals surface area contributed by atoms with Gasteiger partial charge in [-0.3, -0.25) is 9.36 Å². The van der Waals surface area contributed by atoms with E-state index in [-0.39, 0.29) is 5.91 Å². The Morgan fingerprint density at radius 3 is 2.46 bits per heavy atom. The van der Waals surface area contributed by atoms with E-state index < -0.39 is 0 Å². The molecule has 3 rings (SSSR count). The second kappa shape index (κ2) is 6.78. The van der Waals surface area contributed by atoms with Crippen LogP contribution in [-0.2, 0) is 0 Å². The van der Waals surface area contributed by atoms with Gasteiger partial charge in [-0.15, -0.1) is 0 Å². The third-order valence-corrected chi connectivity index (χ3v) is 3.28. The predicted molar refractivity (Wildman–Crippen MR) is 86.7 cm³/mol. The van der Waals surface area contributed by atoms with E-state index in [1.807, 2.05) is 0 Å². The summed E-state index contributed by atoms with van der Waals surface area (Å²) >= 11 is 0. The van der Waals surface area contributed by atoms with Crippen molar-refractivity contribution < 1.29 is 14.3 Å². The molecule has 8 nitrogen and oxygen atoms in total. The lowest BCUT2D eigenvalue weighted by Gasteiger charge is -2.09. The summed E-state index contributed by atoms with van der Waals surface area (Å²) in [6.45, 7) is 0. The number of ether oxygens (including phenoxy) is 2. The van der Waals surface area contributed by atoms with Gasteiger partial charge in [0.1, 0.15) is 35.8 Å². The van der Waals surface area contributed by atoms with E-state index in [9.17, 15) is 4.79 Å². The highest BCUT2D eigenvalue weighted by molar-refractivity contribution is 6.04. The van der Waals surface area contributed by atoms with E-state index in [1.54, 1.807) is 47.6 Å². The number of aromatic nitrogens is 4. The topological polar surface area (TPSA) is 91.2 Å². The van der Waals surface area contributed by atoms with Crippen LogP contribution >= 0.6 is 0 Å². The van der Waals surface area contributed by atoms with E-state index in [4.69, 9.17) is 9.47 Å². The molecule has 0 fully saturated rings. The zero-order valence-corrected chi connectivity index (χ0v) is 13.1. The fourth-order valence-electron chi connectivity index (χ4n) is 2.08. The Morgan fingerprint density at radius 1 is 1.08 bits per heavy atom. The van der Waals surface area contributed by atoms with Gasteiger partial charge in [-0.25, -0.2) is 15.0 Å². The van der Waals surface area contributed by atoms with Gasteiger partial charge < -0.3 is 14.8 Å². The largest absolute Gasteiger partial charge is 0.497 e. The number of carbonyl (C=O) groups excluding carboxylic acids is 1. The van der Waals surface area contributed by atoms with Crippen LogP contribution in [0.3, 0.4) is 0 Å². The van der Waals surface area contributed by atoms with Gasteiger partial charge in [-0.05, 0) is 12.1 Å². The molecule has 0 atom stereocenters. The number of imidazole rings is 1. The predicted octanol–water partition coefficient (Wildman–Crippen LogP) is 1.93. The highest BCUT2D eigenvalue weighted by atomic mass is 16.5. The molecular formula is C16H15N5O3. The fraction of sp³-hybridized carbons (Fsp3) is 0.125. The molecule has 24 heavy (non-hydrogen) atoms. The van der Waals surface area contributed by atoms with Crippen LogP contribution in [0.5, 0.6) is 11.5 Å². The molecule has 0 bridgehead atoms. The molecular weight excluding hydrogens is 310 g/mol. The number of carbonyl (C=O) groups is 1. The highest BCUT2D eigenvalue weighted by Crippen LogP contribution is 2.23. The SMILES string of the molecule is COc1cc(OC)cc(C(=O)Nc2cc(-n3ccnc3)ncn2)c1. The minimum Gasteiger partial charge on any atom is -0.497 e. The second-order valence-electron chi connectivity index (χ2n) is 4.79. The third kappa shape index (κ3) is 3.32. The molecule has 0 unspecified atom stereocenters. The number of anilines is 1. The van der Waals surface area contributed by atoms with Gasteiger partial charge in [0.05, 0.1) is 14.2 Å². The lowest BCUT2D eigenvalue weighted by atomic mass is 10.2. The van der Waals surface area contributed by atoms with Gasteiger partial charge in [0.2, 0.25) is 0 Å². The van der Waals surface area contributed by atoms with Crippen molar-refractivity contribution in [2.24, 2.45) is 0 Å². The first kappa shape index (κ1) is 15.5. The molecule has 0 spiro atoms. The van der Waals surface area contributed by atoms with Gasteiger partial charge in [-0.1, -0.05) is 0 Å². The van der Waals surface area contributed by atoms with Crippen LogP contribution in [0.25, 0.3) is 5.82 Å². The van der Waals surface area contributed by atoms with Crippen molar-refractivity contribution >= 4 is 11.7 Å². The van der Waals surface area contributed by atoms with Gasteiger partial charge in [0, 0.05) is 30.1 Å². The van der Waals surface area contributed by atoms with Crippen molar-refractivity contribution in [1.82, 2.24) is 19.5 Å². The summed E-state index contributed by atoms with van der Waals surface area (Å²) in [5.41, 5.74) is 0.397. The fourth-order valence-corrected chi connectivity index (χ4v) is 2.08. The number of nitrogens with zero attached hydrogens (tertiary/aromatic N) is 4. The van der Waals surface area contributed by atoms with Crippen LogP contribution in [-0.4, -0.2) is 39.6 Å². The maximum absolute atomic E-state index is 12.4. The summed E-state index contributed by atoms with van der Waals surface area (Å²) in [5.74, 6) is 1.70. The van der Waals surface area contributed by atoms with Gasteiger partial charge in [0.15, 0.2) is 0 Å². The average molecular weight is 325 g/mol. The molecule has 0 radical (unpaired) electrons. The number of hydrogen-bond acceptors (Lipinski definition) is 6. The minimum absolute atomic E-state index is 0.331. The number of benzene rings is 1. The van der Waals surface area contributed by atoms with Crippen molar-refractivity contribution in [3.8, 4) is 17.3 Å². The molecule has 1 aromatic carbocycles. The van der Waals surface area contributed by atoms with E-state index >= 15 is 0 Å². The van der Waals surface area contributed by atoms with Crippen LogP contribution in [0, 0.1) is 0 Å². The zero-order valence-electron chi connectivity index (χ0n) is 13.1. The quantitative estimate of drug-likeness (QED) is 0.771. The zero-order chi connectivity index (χ0) is 16.9. The number of hydrogen-bond donors (Lipinski definition) is 1. The molecule has 2 aromatic heterocycles. The second-order valence-corrected chi connectivity index (χ2v) is 4.79. The van der Waals surface area contributed by atoms with E-state index in [1.165, 1.54) is 20.5 Å². The Hall–Kier alpha value is -3.42. The average Bonchev–Trinajstić information content (AvgIpc) is 3.16. The summed E-state index contributed by atoms with van der Waals surface area (Å²) in [4.78, 5) is 24.6. The van der Waals surface area contributed by atoms with Crippen LogP contribution < -0.4 is 14.8 Å². The molecule has 0 saturated carbocycles. The standard InChI is InChI=1S/C16H15N5O3/c1-23-12-5-11(6-13(7-12)24-2)16(22)20-14-8-15(19-9-18-14)21-4-3-17-10-21/h3-10H,1-2H3,(H,18,19,20,22). The molecule has 0 aliphatic carbocycles. The van der Waals surface area contributed by atoms with Gasteiger partial charge >= 0.3 is 0 Å². The van der Waals surface area contributed by atoms with Crippen LogP contribution in [0.2, 0.25) is 0 Å². The molecule has 1 amide bonds. The van der Waals surface area contributed by atoms with Gasteiger partial charge in [0.25, 0.3) is 5.91 Å². The highest BCUT2D eigenvalue weighted by Gasteiger charge is 2.11.